The van der Waals surface area contributed by atoms with Crippen LogP contribution in [0.1, 0.15) is 45.1 Å². The largest absolute Gasteiger partial charge is 0.493 e. The molecule has 1 amide bonds. The van der Waals surface area contributed by atoms with Crippen LogP contribution in [-0.4, -0.2) is 123 Å². The summed E-state index contributed by atoms with van der Waals surface area (Å²) in [7, 11) is 1.41. The Morgan fingerprint density at radius 2 is 1.59 bits per heavy atom. The molecule has 0 aliphatic carbocycles. The van der Waals surface area contributed by atoms with Gasteiger partial charge in [-0.15, -0.1) is 0 Å². The highest BCUT2D eigenvalue weighted by Crippen LogP contribution is 2.34. The molecule has 3 rings (SSSR count). The Labute approximate surface area is 256 Å². The minimum absolute atomic E-state index is 0.0691. The molecular weight excluding hydrogens is 582 g/mol. The topological polar surface area (TPSA) is 217 Å². The van der Waals surface area contributed by atoms with Gasteiger partial charge in [-0.25, -0.2) is 0 Å². The molecule has 2 aliphatic heterocycles. The number of aliphatic hydroxyl groups is 7. The highest BCUT2D eigenvalue weighted by atomic mass is 16.7. The van der Waals surface area contributed by atoms with E-state index in [0.29, 0.717) is 12.3 Å². The average Bonchev–Trinajstić information content (AvgIpc) is 3.01. The maximum atomic E-state index is 12.3. The van der Waals surface area contributed by atoms with Crippen LogP contribution in [0.4, 0.5) is 0 Å². The number of hydrogen-bond donors (Lipinski definition) is 8. The van der Waals surface area contributed by atoms with Gasteiger partial charge in [-0.05, 0) is 42.9 Å². The number of amides is 1. The van der Waals surface area contributed by atoms with E-state index in [4.69, 9.17) is 23.7 Å². The molecule has 0 bridgehead atoms. The van der Waals surface area contributed by atoms with E-state index in [1.807, 2.05) is 0 Å². The summed E-state index contributed by atoms with van der Waals surface area (Å²) in [4.78, 5) is 12.3. The lowest BCUT2D eigenvalue weighted by Crippen LogP contribution is -2.65. The van der Waals surface area contributed by atoms with Crippen LogP contribution in [-0.2, 0) is 25.5 Å². The smallest absolute Gasteiger partial charge is 0.229 e. The Balaban J connectivity index is 1.57. The number of carbonyl (C=O) groups is 1. The van der Waals surface area contributed by atoms with Crippen LogP contribution in [0.25, 0.3) is 0 Å². The van der Waals surface area contributed by atoms with Crippen LogP contribution >= 0.6 is 0 Å². The maximum Gasteiger partial charge on any atom is 0.229 e. The fourth-order valence-corrected chi connectivity index (χ4v) is 4.90. The van der Waals surface area contributed by atoms with Gasteiger partial charge in [-0.2, -0.15) is 0 Å². The summed E-state index contributed by atoms with van der Waals surface area (Å²) in [5.74, 6) is 0.856. The first-order valence-corrected chi connectivity index (χ1v) is 14.9. The number of nitrogens with one attached hydrogen (secondary N) is 1. The van der Waals surface area contributed by atoms with E-state index in [1.165, 1.54) is 7.11 Å². The number of benzene rings is 1. The molecule has 14 nitrogen and oxygen atoms in total. The van der Waals surface area contributed by atoms with Crippen molar-refractivity contribution in [2.45, 2.75) is 107 Å². The second kappa shape index (κ2) is 17.4. The first-order chi connectivity index (χ1) is 21.0. The highest BCUT2D eigenvalue weighted by Gasteiger charge is 2.51. The predicted octanol–water partition coefficient (Wildman–Crippen LogP) is -0.913. The highest BCUT2D eigenvalue weighted by molar-refractivity contribution is 5.75. The van der Waals surface area contributed by atoms with Crippen LogP contribution in [0, 0.1) is 5.92 Å². The monoisotopic (exact) mass is 629 g/mol. The van der Waals surface area contributed by atoms with E-state index < -0.39 is 74.6 Å². The van der Waals surface area contributed by atoms with E-state index in [9.17, 15) is 40.5 Å². The van der Waals surface area contributed by atoms with Gasteiger partial charge in [0.15, 0.2) is 17.8 Å². The van der Waals surface area contributed by atoms with E-state index in [2.05, 4.69) is 31.3 Å². The summed E-state index contributed by atoms with van der Waals surface area (Å²) in [6, 6.07) is 4.88. The van der Waals surface area contributed by atoms with Crippen molar-refractivity contribution in [1.82, 2.24) is 5.32 Å². The minimum Gasteiger partial charge on any atom is -0.493 e. The van der Waals surface area contributed by atoms with Crippen molar-refractivity contribution in [3.8, 4) is 11.5 Å². The number of hydrogen-bond acceptors (Lipinski definition) is 13. The molecule has 14 heteroatoms. The van der Waals surface area contributed by atoms with Gasteiger partial charge in [0.1, 0.15) is 48.8 Å². The normalized spacial score (nSPS) is 32.6. The maximum absolute atomic E-state index is 12.3. The molecule has 0 radical (unpaired) electrons. The quantitative estimate of drug-likeness (QED) is 0.0872. The van der Waals surface area contributed by atoms with Crippen LogP contribution < -0.4 is 14.8 Å². The Hall–Kier alpha value is -2.37. The molecule has 0 aromatic heterocycles. The number of carbonyl (C=O) groups excluding carboxylic acids is 1. The van der Waals surface area contributed by atoms with Crippen molar-refractivity contribution < 1.29 is 64.2 Å². The van der Waals surface area contributed by atoms with Crippen LogP contribution in [0.2, 0.25) is 0 Å². The van der Waals surface area contributed by atoms with Gasteiger partial charge in [0.25, 0.3) is 0 Å². The van der Waals surface area contributed by atoms with Crippen molar-refractivity contribution in [3.63, 3.8) is 0 Å². The zero-order valence-corrected chi connectivity index (χ0v) is 25.3. The molecule has 1 aromatic carbocycles. The molecule has 0 unspecified atom stereocenters. The van der Waals surface area contributed by atoms with Crippen LogP contribution in [0.15, 0.2) is 30.4 Å². The molecule has 44 heavy (non-hydrogen) atoms. The zero-order chi connectivity index (χ0) is 32.4. The standard InChI is InChI=1S/C30H47NO13/c1-16(2)8-6-4-5-7-9-22(34)31-13-17-10-11-18(19(12-17)40-3)41-29-27(39)25(37)28(21(15-33)43-29)44-30-26(38)24(36)23(35)20(14-32)42-30/h6,8,10-12,16,20-21,23-30,32-33,35-39H,4-5,7,9,13-15H2,1-3H3,(H,31,34)/b8-6+/t20-,21-,23-,24+,25-,26-,27-,28-,29+,30-/m1/s1. The van der Waals surface area contributed by atoms with Crippen molar-refractivity contribution in [3.05, 3.63) is 35.9 Å². The molecular formula is C30H47NO13. The molecule has 2 fully saturated rings. The molecule has 2 saturated heterocycles. The number of allylic oxidation sites excluding steroid dienone is 2. The summed E-state index contributed by atoms with van der Waals surface area (Å²) in [5, 5.41) is 74.2. The Morgan fingerprint density at radius 3 is 2.25 bits per heavy atom. The van der Waals surface area contributed by atoms with E-state index in [0.717, 1.165) is 24.8 Å². The minimum atomic E-state index is -1.77. The summed E-state index contributed by atoms with van der Waals surface area (Å²) in [6.07, 6.45) is -8.32. The van der Waals surface area contributed by atoms with Gasteiger partial charge >= 0.3 is 0 Å². The third kappa shape index (κ3) is 9.57. The van der Waals surface area contributed by atoms with Gasteiger partial charge in [0.2, 0.25) is 12.2 Å². The molecule has 10 atom stereocenters. The third-order valence-electron chi connectivity index (χ3n) is 7.47. The fourth-order valence-electron chi connectivity index (χ4n) is 4.90. The van der Waals surface area contributed by atoms with Crippen molar-refractivity contribution in [2.75, 3.05) is 20.3 Å². The van der Waals surface area contributed by atoms with Crippen LogP contribution in [0.5, 0.6) is 11.5 Å². The first-order valence-electron chi connectivity index (χ1n) is 14.9. The number of methoxy groups -OCH3 is 1. The lowest BCUT2D eigenvalue weighted by molar-refractivity contribution is -0.352. The van der Waals surface area contributed by atoms with Gasteiger partial charge < -0.3 is 64.7 Å². The molecule has 2 heterocycles. The van der Waals surface area contributed by atoms with E-state index >= 15 is 0 Å². The Bertz CT molecular complexity index is 1050. The summed E-state index contributed by atoms with van der Waals surface area (Å²) in [5.41, 5.74) is 0.730. The molecule has 250 valence electrons. The van der Waals surface area contributed by atoms with Crippen LogP contribution in [0.3, 0.4) is 0 Å². The number of unbranched alkanes of at least 4 members (excludes halogenated alkanes) is 2. The lowest BCUT2D eigenvalue weighted by Gasteiger charge is -2.45. The van der Waals surface area contributed by atoms with Gasteiger partial charge in [0, 0.05) is 13.0 Å². The molecule has 1 aromatic rings. The predicted molar refractivity (Wildman–Crippen MR) is 154 cm³/mol. The number of aliphatic hydroxyl groups excluding tert-OH is 7. The zero-order valence-electron chi connectivity index (χ0n) is 25.3. The molecule has 2 aliphatic rings. The number of rotatable bonds is 15. The second-order valence-corrected chi connectivity index (χ2v) is 11.3. The van der Waals surface area contributed by atoms with Crippen molar-refractivity contribution in [1.29, 1.82) is 0 Å². The molecule has 0 spiro atoms. The van der Waals surface area contributed by atoms with Crippen molar-refractivity contribution in [2.24, 2.45) is 5.92 Å². The van der Waals surface area contributed by atoms with E-state index in [1.54, 1.807) is 18.2 Å². The summed E-state index contributed by atoms with van der Waals surface area (Å²) >= 11 is 0. The number of ether oxygens (including phenoxy) is 5. The average molecular weight is 630 g/mol. The van der Waals surface area contributed by atoms with Gasteiger partial charge in [0.05, 0.1) is 20.3 Å². The lowest BCUT2D eigenvalue weighted by atomic mass is 9.97. The third-order valence-corrected chi connectivity index (χ3v) is 7.47. The molecule has 8 N–H and O–H groups in total. The Morgan fingerprint density at radius 1 is 0.909 bits per heavy atom. The SMILES string of the molecule is COc1cc(CNC(=O)CCCC/C=C/C(C)C)ccc1O[C@H]1O[C@H](CO)[C@@H](O[C@H]2O[C@H](CO)[C@@H](O)[C@H](O)[C@H]2O)[C@H](O)[C@H]1O. The molecule has 0 saturated carbocycles. The van der Waals surface area contributed by atoms with Gasteiger partial charge in [-0.3, -0.25) is 4.79 Å². The summed E-state index contributed by atoms with van der Waals surface area (Å²) in [6.45, 7) is 3.10. The van der Waals surface area contributed by atoms with E-state index in [-0.39, 0.29) is 24.0 Å². The summed E-state index contributed by atoms with van der Waals surface area (Å²) < 4.78 is 27.8. The van der Waals surface area contributed by atoms with Gasteiger partial charge in [-0.1, -0.05) is 32.1 Å². The van der Waals surface area contributed by atoms with Crippen molar-refractivity contribution >= 4 is 5.91 Å². The first kappa shape index (κ1) is 36.1. The Kier molecular flexibility index (Phi) is 14.2. The fraction of sp³-hybridized carbons (Fsp3) is 0.700. The second-order valence-electron chi connectivity index (χ2n) is 11.3.